The molecule has 5 aromatic rings. The van der Waals surface area contributed by atoms with Gasteiger partial charge in [0, 0.05) is 0 Å². The van der Waals surface area contributed by atoms with Gasteiger partial charge in [0.15, 0.2) is 0 Å². The standard InChI is InChI=1S/C26H19BO2/c28-27(29)25-17-16-22(21-12-4-5-13-23(21)25)24-15-7-11-19-10-6-14-20(26(19)24)18-8-2-1-3-9-18/h1-17,28-29H. The summed E-state index contributed by atoms with van der Waals surface area (Å²) in [5.74, 6) is 0. The highest BCUT2D eigenvalue weighted by Gasteiger charge is 2.18. The average Bonchev–Trinajstić information content (AvgIpc) is 2.78. The average molecular weight is 374 g/mol. The van der Waals surface area contributed by atoms with E-state index in [1.165, 1.54) is 21.9 Å². The Balaban J connectivity index is 1.87. The van der Waals surface area contributed by atoms with Crippen LogP contribution in [0.25, 0.3) is 43.8 Å². The molecule has 5 rings (SSSR count). The van der Waals surface area contributed by atoms with Crippen LogP contribution in [0.5, 0.6) is 0 Å². The Morgan fingerprint density at radius 1 is 0.483 bits per heavy atom. The highest BCUT2D eigenvalue weighted by Crippen LogP contribution is 2.38. The lowest BCUT2D eigenvalue weighted by molar-refractivity contribution is 0.426. The molecule has 0 bridgehead atoms. The van der Waals surface area contributed by atoms with Crippen LogP contribution < -0.4 is 5.46 Å². The molecule has 5 aromatic carbocycles. The fourth-order valence-electron chi connectivity index (χ4n) is 4.21. The molecule has 3 heteroatoms. The highest BCUT2D eigenvalue weighted by atomic mass is 16.4. The Kier molecular flexibility index (Phi) is 4.40. The van der Waals surface area contributed by atoms with Crippen molar-refractivity contribution in [2.24, 2.45) is 0 Å². The van der Waals surface area contributed by atoms with Crippen molar-refractivity contribution >= 4 is 34.1 Å². The second kappa shape index (κ2) is 7.21. The van der Waals surface area contributed by atoms with Crippen molar-refractivity contribution in [1.29, 1.82) is 0 Å². The summed E-state index contributed by atoms with van der Waals surface area (Å²) in [4.78, 5) is 0. The fourth-order valence-corrected chi connectivity index (χ4v) is 4.21. The Hall–Kier alpha value is -3.40. The van der Waals surface area contributed by atoms with E-state index in [4.69, 9.17) is 0 Å². The van der Waals surface area contributed by atoms with Gasteiger partial charge in [0.05, 0.1) is 0 Å². The van der Waals surface area contributed by atoms with E-state index in [1.807, 2.05) is 42.5 Å². The van der Waals surface area contributed by atoms with Crippen LogP contribution in [0.4, 0.5) is 0 Å². The molecule has 0 fully saturated rings. The summed E-state index contributed by atoms with van der Waals surface area (Å²) in [6, 6.07) is 34.9. The van der Waals surface area contributed by atoms with Gasteiger partial charge in [0.1, 0.15) is 0 Å². The van der Waals surface area contributed by atoms with Gasteiger partial charge < -0.3 is 10.0 Å². The second-order valence-corrected chi connectivity index (χ2v) is 7.20. The van der Waals surface area contributed by atoms with Crippen molar-refractivity contribution in [2.45, 2.75) is 0 Å². The molecule has 2 N–H and O–H groups in total. The third-order valence-corrected chi connectivity index (χ3v) is 5.52. The third kappa shape index (κ3) is 3.01. The molecule has 0 spiro atoms. The topological polar surface area (TPSA) is 40.5 Å². The molecule has 138 valence electrons. The first kappa shape index (κ1) is 17.7. The van der Waals surface area contributed by atoms with Crippen LogP contribution in [0.3, 0.4) is 0 Å². The largest absolute Gasteiger partial charge is 0.489 e. The zero-order valence-electron chi connectivity index (χ0n) is 15.8. The van der Waals surface area contributed by atoms with Gasteiger partial charge in [0.25, 0.3) is 0 Å². The second-order valence-electron chi connectivity index (χ2n) is 7.20. The van der Waals surface area contributed by atoms with Crippen molar-refractivity contribution in [1.82, 2.24) is 0 Å². The summed E-state index contributed by atoms with van der Waals surface area (Å²) in [6.07, 6.45) is 0. The predicted molar refractivity (Wildman–Crippen MR) is 122 cm³/mol. The first-order valence-corrected chi connectivity index (χ1v) is 9.69. The van der Waals surface area contributed by atoms with Crippen molar-refractivity contribution in [2.75, 3.05) is 0 Å². The molecule has 0 heterocycles. The Morgan fingerprint density at radius 3 is 1.86 bits per heavy atom. The molecule has 0 atom stereocenters. The summed E-state index contributed by atoms with van der Waals surface area (Å²) >= 11 is 0. The lowest BCUT2D eigenvalue weighted by Crippen LogP contribution is -2.30. The van der Waals surface area contributed by atoms with Gasteiger partial charge in [-0.1, -0.05) is 103 Å². The normalized spacial score (nSPS) is 11.1. The number of fused-ring (bicyclic) bond motifs is 2. The fraction of sp³-hybridized carbons (Fsp3) is 0. The minimum Gasteiger partial charge on any atom is -0.423 e. The molecule has 0 aliphatic carbocycles. The zero-order valence-corrected chi connectivity index (χ0v) is 15.8. The summed E-state index contributed by atoms with van der Waals surface area (Å²) < 4.78 is 0. The molecule has 0 aromatic heterocycles. The molecule has 0 saturated heterocycles. The van der Waals surface area contributed by atoms with Crippen LogP contribution in [-0.2, 0) is 0 Å². The van der Waals surface area contributed by atoms with Crippen LogP contribution >= 0.6 is 0 Å². The van der Waals surface area contributed by atoms with Crippen LogP contribution in [0.15, 0.2) is 103 Å². The van der Waals surface area contributed by atoms with Crippen molar-refractivity contribution in [3.05, 3.63) is 103 Å². The first-order chi connectivity index (χ1) is 14.2. The molecular formula is C26H19BO2. The van der Waals surface area contributed by atoms with Crippen LogP contribution in [0, 0.1) is 0 Å². The smallest absolute Gasteiger partial charge is 0.423 e. The lowest BCUT2D eigenvalue weighted by atomic mass is 9.75. The van der Waals surface area contributed by atoms with Gasteiger partial charge in [-0.25, -0.2) is 0 Å². The van der Waals surface area contributed by atoms with Gasteiger partial charge in [-0.2, -0.15) is 0 Å². The number of hydrogen-bond acceptors (Lipinski definition) is 2. The predicted octanol–water partition coefficient (Wildman–Crippen LogP) is 5.01. The maximum Gasteiger partial charge on any atom is 0.489 e. The first-order valence-electron chi connectivity index (χ1n) is 9.69. The summed E-state index contributed by atoms with van der Waals surface area (Å²) in [7, 11) is -1.50. The maximum atomic E-state index is 9.80. The Bertz CT molecular complexity index is 1320. The molecule has 0 saturated carbocycles. The van der Waals surface area contributed by atoms with E-state index in [9.17, 15) is 10.0 Å². The van der Waals surface area contributed by atoms with Crippen molar-refractivity contribution < 1.29 is 10.0 Å². The summed E-state index contributed by atoms with van der Waals surface area (Å²) in [5.41, 5.74) is 5.11. The SMILES string of the molecule is OB(O)c1ccc(-c2cccc3cccc(-c4ccccc4)c23)c2ccccc12. The van der Waals surface area contributed by atoms with Gasteiger partial charge in [-0.05, 0) is 49.3 Å². The number of rotatable bonds is 3. The van der Waals surface area contributed by atoms with E-state index < -0.39 is 7.12 Å². The van der Waals surface area contributed by atoms with Gasteiger partial charge in [0.2, 0.25) is 0 Å². The molecule has 0 aliphatic rings. The molecule has 29 heavy (non-hydrogen) atoms. The van der Waals surface area contributed by atoms with Crippen molar-refractivity contribution in [3.8, 4) is 22.3 Å². The van der Waals surface area contributed by atoms with E-state index in [-0.39, 0.29) is 0 Å². The quantitative estimate of drug-likeness (QED) is 0.436. The minimum atomic E-state index is -1.50. The van der Waals surface area contributed by atoms with Gasteiger partial charge >= 0.3 is 7.12 Å². The highest BCUT2D eigenvalue weighted by molar-refractivity contribution is 6.62. The van der Waals surface area contributed by atoms with Gasteiger partial charge in [-0.3, -0.25) is 0 Å². The third-order valence-electron chi connectivity index (χ3n) is 5.52. The van der Waals surface area contributed by atoms with Crippen molar-refractivity contribution in [3.63, 3.8) is 0 Å². The monoisotopic (exact) mass is 374 g/mol. The number of benzene rings is 5. The van der Waals surface area contributed by atoms with E-state index in [0.29, 0.717) is 5.46 Å². The van der Waals surface area contributed by atoms with E-state index in [2.05, 4.69) is 60.7 Å². The molecule has 2 nitrogen and oxygen atoms in total. The molecular weight excluding hydrogens is 355 g/mol. The summed E-state index contributed by atoms with van der Waals surface area (Å²) in [6.45, 7) is 0. The maximum absolute atomic E-state index is 9.80. The Morgan fingerprint density at radius 2 is 1.14 bits per heavy atom. The molecule has 0 radical (unpaired) electrons. The Labute approximate surface area is 169 Å². The molecule has 0 aliphatic heterocycles. The number of hydrogen-bond donors (Lipinski definition) is 2. The molecule has 0 amide bonds. The minimum absolute atomic E-state index is 0.521. The van der Waals surface area contributed by atoms with Gasteiger partial charge in [-0.15, -0.1) is 0 Å². The van der Waals surface area contributed by atoms with E-state index in [0.717, 1.165) is 21.9 Å². The van der Waals surface area contributed by atoms with E-state index in [1.54, 1.807) is 0 Å². The summed E-state index contributed by atoms with van der Waals surface area (Å²) in [5, 5.41) is 23.8. The van der Waals surface area contributed by atoms with Crippen LogP contribution in [0.2, 0.25) is 0 Å². The van der Waals surface area contributed by atoms with E-state index >= 15 is 0 Å². The zero-order chi connectivity index (χ0) is 19.8. The molecule has 0 unspecified atom stereocenters. The van der Waals surface area contributed by atoms with Crippen LogP contribution in [0.1, 0.15) is 0 Å². The lowest BCUT2D eigenvalue weighted by Gasteiger charge is -2.16. The van der Waals surface area contributed by atoms with Crippen LogP contribution in [-0.4, -0.2) is 17.2 Å².